The molecule has 19 heavy (non-hydrogen) atoms. The van der Waals surface area contributed by atoms with Gasteiger partial charge in [-0.3, -0.25) is 0 Å². The number of rotatable bonds is 2. The van der Waals surface area contributed by atoms with Crippen LogP contribution in [0.25, 0.3) is 0 Å². The summed E-state index contributed by atoms with van der Waals surface area (Å²) in [6, 6.07) is 7.61. The van der Waals surface area contributed by atoms with Gasteiger partial charge in [-0.2, -0.15) is 0 Å². The predicted molar refractivity (Wildman–Crippen MR) is 75.6 cm³/mol. The molecule has 2 rings (SSSR count). The molecule has 1 aliphatic rings. The Hall–Kier alpha value is -1.75. The van der Waals surface area contributed by atoms with Crippen LogP contribution in [0.3, 0.4) is 0 Å². The van der Waals surface area contributed by atoms with Crippen molar-refractivity contribution in [3.63, 3.8) is 0 Å². The summed E-state index contributed by atoms with van der Waals surface area (Å²) in [7, 11) is 0. The van der Waals surface area contributed by atoms with Crippen molar-refractivity contribution in [2.45, 2.75) is 31.8 Å². The molecule has 5 nitrogen and oxygen atoms in total. The lowest BCUT2D eigenvalue weighted by molar-refractivity contribution is 0.0481. The van der Waals surface area contributed by atoms with Crippen LogP contribution >= 0.6 is 0 Å². The largest absolute Gasteiger partial charge is 0.409 e. The van der Waals surface area contributed by atoms with Crippen LogP contribution in [0.4, 0.5) is 5.69 Å². The third-order valence-corrected chi connectivity index (χ3v) is 3.70. The van der Waals surface area contributed by atoms with Crippen LogP contribution in [0.5, 0.6) is 0 Å². The van der Waals surface area contributed by atoms with Crippen molar-refractivity contribution in [1.82, 2.24) is 0 Å². The molecule has 0 spiro atoms. The second-order valence-electron chi connectivity index (χ2n) is 5.37. The monoisotopic (exact) mass is 263 g/mol. The highest BCUT2D eigenvalue weighted by Crippen LogP contribution is 2.25. The molecule has 1 aliphatic heterocycles. The molecule has 5 heteroatoms. The summed E-state index contributed by atoms with van der Waals surface area (Å²) >= 11 is 0. The Morgan fingerprint density at radius 3 is 2.58 bits per heavy atom. The Labute approximate surface area is 113 Å². The van der Waals surface area contributed by atoms with Crippen molar-refractivity contribution < 1.29 is 10.3 Å². The molecule has 1 saturated heterocycles. The van der Waals surface area contributed by atoms with Crippen molar-refractivity contribution in [2.75, 3.05) is 18.0 Å². The average molecular weight is 263 g/mol. The van der Waals surface area contributed by atoms with Gasteiger partial charge in [0.05, 0.1) is 5.60 Å². The van der Waals surface area contributed by atoms with E-state index in [2.05, 4.69) is 10.1 Å². The van der Waals surface area contributed by atoms with Crippen molar-refractivity contribution >= 4 is 11.5 Å². The molecule has 1 fully saturated rings. The van der Waals surface area contributed by atoms with E-state index in [4.69, 9.17) is 10.9 Å². The number of nitrogens with zero attached hydrogens (tertiary/aromatic N) is 2. The molecule has 1 aromatic carbocycles. The summed E-state index contributed by atoms with van der Waals surface area (Å²) in [4.78, 5) is 2.26. The number of hydrogen-bond donors (Lipinski definition) is 3. The van der Waals surface area contributed by atoms with Gasteiger partial charge in [0.15, 0.2) is 5.84 Å². The van der Waals surface area contributed by atoms with Gasteiger partial charge in [-0.05, 0) is 50.5 Å². The fourth-order valence-electron chi connectivity index (χ4n) is 2.42. The Morgan fingerprint density at radius 2 is 1.95 bits per heavy atom. The van der Waals surface area contributed by atoms with Gasteiger partial charge in [0.2, 0.25) is 0 Å². The summed E-state index contributed by atoms with van der Waals surface area (Å²) in [5.74, 6) is 0.116. The van der Waals surface area contributed by atoms with Gasteiger partial charge >= 0.3 is 0 Å². The van der Waals surface area contributed by atoms with Gasteiger partial charge in [-0.1, -0.05) is 5.16 Å². The number of anilines is 1. The van der Waals surface area contributed by atoms with Gasteiger partial charge in [-0.25, -0.2) is 0 Å². The van der Waals surface area contributed by atoms with Crippen LogP contribution in [0.15, 0.2) is 29.4 Å². The summed E-state index contributed by atoms with van der Waals surface area (Å²) in [5, 5.41) is 21.7. The van der Waals surface area contributed by atoms with Crippen molar-refractivity contribution in [1.29, 1.82) is 0 Å². The van der Waals surface area contributed by atoms with E-state index in [-0.39, 0.29) is 5.84 Å². The molecule has 0 amide bonds. The quantitative estimate of drug-likeness (QED) is 0.327. The number of nitrogens with two attached hydrogens (primary N) is 1. The van der Waals surface area contributed by atoms with E-state index in [1.807, 2.05) is 31.2 Å². The van der Waals surface area contributed by atoms with Gasteiger partial charge < -0.3 is 20.9 Å². The van der Waals surface area contributed by atoms with Crippen molar-refractivity contribution in [3.05, 3.63) is 29.8 Å². The number of amidine groups is 1. The number of oxime groups is 1. The van der Waals surface area contributed by atoms with Crippen molar-refractivity contribution in [2.24, 2.45) is 10.9 Å². The zero-order valence-electron chi connectivity index (χ0n) is 11.2. The molecular formula is C14H21N3O2. The topological polar surface area (TPSA) is 82.1 Å². The van der Waals surface area contributed by atoms with Crippen LogP contribution in [-0.4, -0.2) is 34.8 Å². The third kappa shape index (κ3) is 3.38. The van der Waals surface area contributed by atoms with E-state index in [9.17, 15) is 5.11 Å². The van der Waals surface area contributed by atoms with Crippen LogP contribution in [-0.2, 0) is 0 Å². The number of aliphatic hydroxyl groups is 1. The molecule has 1 unspecified atom stereocenters. The maximum atomic E-state index is 10.1. The fourth-order valence-corrected chi connectivity index (χ4v) is 2.42. The minimum atomic E-state index is -0.553. The smallest absolute Gasteiger partial charge is 0.170 e. The zero-order chi connectivity index (χ0) is 13.9. The summed E-state index contributed by atoms with van der Waals surface area (Å²) in [5.41, 5.74) is 6.79. The van der Waals surface area contributed by atoms with E-state index < -0.39 is 5.60 Å². The first-order valence-electron chi connectivity index (χ1n) is 6.57. The van der Waals surface area contributed by atoms with E-state index in [1.54, 1.807) is 0 Å². The SMILES string of the molecule is CC1(O)CCCN(c2ccc(/C(N)=N/O)cc2)CC1. The van der Waals surface area contributed by atoms with E-state index >= 15 is 0 Å². The molecule has 0 bridgehead atoms. The molecule has 1 aromatic rings. The van der Waals surface area contributed by atoms with Gasteiger partial charge in [-0.15, -0.1) is 0 Å². The van der Waals surface area contributed by atoms with E-state index in [0.29, 0.717) is 5.56 Å². The Morgan fingerprint density at radius 1 is 1.26 bits per heavy atom. The Bertz CT molecular complexity index is 454. The van der Waals surface area contributed by atoms with Gasteiger partial charge in [0.1, 0.15) is 0 Å². The summed E-state index contributed by atoms with van der Waals surface area (Å²) in [6.07, 6.45) is 2.59. The lowest BCUT2D eigenvalue weighted by Gasteiger charge is -2.24. The minimum Gasteiger partial charge on any atom is -0.409 e. The fraction of sp³-hybridized carbons (Fsp3) is 0.500. The van der Waals surface area contributed by atoms with Crippen LogP contribution in [0.1, 0.15) is 31.7 Å². The Balaban J connectivity index is 2.10. The first kappa shape index (κ1) is 13.7. The highest BCUT2D eigenvalue weighted by molar-refractivity contribution is 5.97. The molecule has 0 aliphatic carbocycles. The third-order valence-electron chi connectivity index (χ3n) is 3.70. The van der Waals surface area contributed by atoms with Gasteiger partial charge in [0.25, 0.3) is 0 Å². The molecule has 0 aromatic heterocycles. The predicted octanol–water partition coefficient (Wildman–Crippen LogP) is 1.52. The normalized spacial score (nSPS) is 25.2. The first-order chi connectivity index (χ1) is 9.02. The van der Waals surface area contributed by atoms with Gasteiger partial charge in [0, 0.05) is 24.3 Å². The van der Waals surface area contributed by atoms with Crippen LogP contribution < -0.4 is 10.6 Å². The molecule has 0 radical (unpaired) electrons. The van der Waals surface area contributed by atoms with E-state index in [0.717, 1.165) is 38.0 Å². The van der Waals surface area contributed by atoms with Crippen molar-refractivity contribution in [3.8, 4) is 0 Å². The summed E-state index contributed by atoms with van der Waals surface area (Å²) in [6.45, 7) is 3.69. The first-order valence-corrected chi connectivity index (χ1v) is 6.57. The molecule has 4 N–H and O–H groups in total. The molecular weight excluding hydrogens is 242 g/mol. The standard InChI is InChI=1S/C14H21N3O2/c1-14(18)7-2-9-17(10-8-14)12-5-3-11(4-6-12)13(15)16-19/h3-6,18-19H,2,7-10H2,1H3,(H2,15,16). The second-order valence-corrected chi connectivity index (χ2v) is 5.37. The molecule has 1 heterocycles. The Kier molecular flexibility index (Phi) is 3.95. The van der Waals surface area contributed by atoms with Crippen LogP contribution in [0, 0.1) is 0 Å². The maximum Gasteiger partial charge on any atom is 0.170 e. The highest BCUT2D eigenvalue weighted by atomic mass is 16.4. The average Bonchev–Trinajstić information content (AvgIpc) is 2.59. The number of hydrogen-bond acceptors (Lipinski definition) is 4. The lowest BCUT2D eigenvalue weighted by atomic mass is 9.98. The lowest BCUT2D eigenvalue weighted by Crippen LogP contribution is -2.28. The summed E-state index contributed by atoms with van der Waals surface area (Å²) < 4.78 is 0. The van der Waals surface area contributed by atoms with E-state index in [1.165, 1.54) is 0 Å². The maximum absolute atomic E-state index is 10.1. The van der Waals surface area contributed by atoms with Crippen LogP contribution in [0.2, 0.25) is 0 Å². The molecule has 1 atom stereocenters. The highest BCUT2D eigenvalue weighted by Gasteiger charge is 2.24. The minimum absolute atomic E-state index is 0.116. The molecule has 104 valence electrons. The number of benzene rings is 1. The molecule has 0 saturated carbocycles. The second kappa shape index (κ2) is 5.48. The zero-order valence-corrected chi connectivity index (χ0v) is 11.2.